The van der Waals surface area contributed by atoms with Crippen LogP contribution in [0.3, 0.4) is 0 Å². The number of aromatic nitrogens is 3. The molecule has 3 aromatic rings. The van der Waals surface area contributed by atoms with E-state index in [2.05, 4.69) is 21.5 Å². The Hall–Kier alpha value is -2.87. The van der Waals surface area contributed by atoms with E-state index in [4.69, 9.17) is 5.26 Å². The molecule has 0 radical (unpaired) electrons. The fraction of sp³-hybridized carbons (Fsp3) is 0. The zero-order valence-electron chi connectivity index (χ0n) is 9.41. The van der Waals surface area contributed by atoms with Crippen LogP contribution in [0.5, 0.6) is 0 Å². The Bertz CT molecular complexity index is 724. The van der Waals surface area contributed by atoms with E-state index in [1.807, 2.05) is 36.4 Å². The second kappa shape index (κ2) is 4.18. The number of para-hydroxylation sites is 1. The Morgan fingerprint density at radius 1 is 1.06 bits per heavy atom. The maximum Gasteiger partial charge on any atom is 0.247 e. The Labute approximate surface area is 103 Å². The summed E-state index contributed by atoms with van der Waals surface area (Å²) in [7, 11) is 0. The van der Waals surface area contributed by atoms with E-state index in [1.54, 1.807) is 12.1 Å². The molecular weight excluding hydrogens is 226 g/mol. The molecule has 0 fully saturated rings. The van der Waals surface area contributed by atoms with Gasteiger partial charge in [-0.25, -0.2) is 4.52 Å². The van der Waals surface area contributed by atoms with Crippen LogP contribution in [0.1, 0.15) is 5.69 Å². The standard InChI is InChI=1S/C13H9N5/c14-9-11-7-4-8-12-16-13(17-18(11)12)15-10-5-2-1-3-6-10/h1-8H,(H,15,17). The van der Waals surface area contributed by atoms with Gasteiger partial charge in [-0.2, -0.15) is 10.2 Å². The molecular formula is C13H9N5. The number of fused-ring (bicyclic) bond motifs is 1. The van der Waals surface area contributed by atoms with Crippen molar-refractivity contribution in [1.82, 2.24) is 14.6 Å². The summed E-state index contributed by atoms with van der Waals surface area (Å²) in [5.41, 5.74) is 2.01. The first kappa shape index (κ1) is 10.3. The zero-order chi connectivity index (χ0) is 12.4. The van der Waals surface area contributed by atoms with E-state index >= 15 is 0 Å². The molecule has 1 aromatic carbocycles. The lowest BCUT2D eigenvalue weighted by molar-refractivity contribution is 0.945. The van der Waals surface area contributed by atoms with Gasteiger partial charge in [-0.1, -0.05) is 24.3 Å². The lowest BCUT2D eigenvalue weighted by atomic mass is 10.3. The molecule has 0 aliphatic rings. The Morgan fingerprint density at radius 2 is 1.89 bits per heavy atom. The Balaban J connectivity index is 2.02. The van der Waals surface area contributed by atoms with Gasteiger partial charge < -0.3 is 5.32 Å². The minimum atomic E-state index is 0.459. The van der Waals surface area contributed by atoms with Crippen molar-refractivity contribution in [2.45, 2.75) is 0 Å². The van der Waals surface area contributed by atoms with E-state index in [-0.39, 0.29) is 0 Å². The van der Waals surface area contributed by atoms with Crippen molar-refractivity contribution in [1.29, 1.82) is 5.26 Å². The van der Waals surface area contributed by atoms with E-state index in [0.29, 0.717) is 17.3 Å². The van der Waals surface area contributed by atoms with E-state index in [1.165, 1.54) is 4.52 Å². The predicted molar refractivity (Wildman–Crippen MR) is 67.4 cm³/mol. The van der Waals surface area contributed by atoms with Crippen LogP contribution < -0.4 is 5.32 Å². The molecule has 2 heterocycles. The molecule has 2 aromatic heterocycles. The highest BCUT2D eigenvalue weighted by Crippen LogP contribution is 2.14. The van der Waals surface area contributed by atoms with Crippen LogP contribution in [-0.2, 0) is 0 Å². The maximum atomic E-state index is 8.98. The van der Waals surface area contributed by atoms with Gasteiger partial charge in [0.1, 0.15) is 11.8 Å². The van der Waals surface area contributed by atoms with Gasteiger partial charge >= 0.3 is 0 Å². The molecule has 18 heavy (non-hydrogen) atoms. The van der Waals surface area contributed by atoms with Crippen LogP contribution in [0.2, 0.25) is 0 Å². The average molecular weight is 235 g/mol. The Kier molecular flexibility index (Phi) is 2.39. The third kappa shape index (κ3) is 1.76. The molecule has 5 nitrogen and oxygen atoms in total. The number of anilines is 2. The number of hydrogen-bond donors (Lipinski definition) is 1. The number of benzene rings is 1. The molecule has 0 unspecified atom stereocenters. The van der Waals surface area contributed by atoms with Crippen molar-refractivity contribution in [3.8, 4) is 6.07 Å². The quantitative estimate of drug-likeness (QED) is 0.740. The maximum absolute atomic E-state index is 8.98. The number of pyridine rings is 1. The lowest BCUT2D eigenvalue weighted by Gasteiger charge is -1.99. The molecule has 86 valence electrons. The van der Waals surface area contributed by atoms with Crippen molar-refractivity contribution < 1.29 is 0 Å². The van der Waals surface area contributed by atoms with Gasteiger partial charge in [0.15, 0.2) is 5.65 Å². The SMILES string of the molecule is N#Cc1cccc2nc(Nc3ccccc3)nn12. The molecule has 0 aliphatic heterocycles. The summed E-state index contributed by atoms with van der Waals surface area (Å²) < 4.78 is 1.52. The van der Waals surface area contributed by atoms with Gasteiger partial charge in [-0.05, 0) is 24.3 Å². The highest BCUT2D eigenvalue weighted by molar-refractivity contribution is 5.56. The highest BCUT2D eigenvalue weighted by atomic mass is 15.4. The summed E-state index contributed by atoms with van der Waals surface area (Å²) >= 11 is 0. The molecule has 0 bridgehead atoms. The highest BCUT2D eigenvalue weighted by Gasteiger charge is 2.06. The third-order valence-electron chi connectivity index (χ3n) is 2.50. The second-order valence-corrected chi connectivity index (χ2v) is 3.72. The van der Waals surface area contributed by atoms with E-state index < -0.39 is 0 Å². The fourth-order valence-corrected chi connectivity index (χ4v) is 1.69. The zero-order valence-corrected chi connectivity index (χ0v) is 9.41. The van der Waals surface area contributed by atoms with Crippen LogP contribution in [0.25, 0.3) is 5.65 Å². The topological polar surface area (TPSA) is 66.0 Å². The van der Waals surface area contributed by atoms with Gasteiger partial charge in [0.25, 0.3) is 0 Å². The number of nitrogens with zero attached hydrogens (tertiary/aromatic N) is 4. The molecule has 0 aliphatic carbocycles. The molecule has 1 N–H and O–H groups in total. The average Bonchev–Trinajstić information content (AvgIpc) is 2.82. The summed E-state index contributed by atoms with van der Waals surface area (Å²) in [6, 6.07) is 17.0. The van der Waals surface area contributed by atoms with E-state index in [9.17, 15) is 0 Å². The van der Waals surface area contributed by atoms with Crippen LogP contribution >= 0.6 is 0 Å². The monoisotopic (exact) mass is 235 g/mol. The Morgan fingerprint density at radius 3 is 2.67 bits per heavy atom. The van der Waals surface area contributed by atoms with Crippen molar-refractivity contribution in [2.75, 3.05) is 5.32 Å². The van der Waals surface area contributed by atoms with Gasteiger partial charge in [-0.3, -0.25) is 0 Å². The van der Waals surface area contributed by atoms with Crippen LogP contribution in [0.4, 0.5) is 11.6 Å². The number of nitrogens with one attached hydrogen (secondary N) is 1. The predicted octanol–water partition coefficient (Wildman–Crippen LogP) is 2.34. The first-order valence-electron chi connectivity index (χ1n) is 5.45. The number of rotatable bonds is 2. The van der Waals surface area contributed by atoms with Crippen molar-refractivity contribution >= 4 is 17.3 Å². The molecule has 0 spiro atoms. The molecule has 0 atom stereocenters. The van der Waals surface area contributed by atoms with E-state index in [0.717, 1.165) is 5.69 Å². The normalized spacial score (nSPS) is 10.2. The first-order chi connectivity index (χ1) is 8.86. The van der Waals surface area contributed by atoms with Gasteiger partial charge in [0, 0.05) is 5.69 Å². The summed E-state index contributed by atoms with van der Waals surface area (Å²) in [5, 5.41) is 16.3. The van der Waals surface area contributed by atoms with Crippen LogP contribution in [0, 0.1) is 11.3 Å². The molecule has 5 heteroatoms. The summed E-state index contributed by atoms with van der Waals surface area (Å²) in [6.07, 6.45) is 0. The molecule has 3 rings (SSSR count). The minimum absolute atomic E-state index is 0.459. The molecule has 0 amide bonds. The number of nitriles is 1. The lowest BCUT2D eigenvalue weighted by Crippen LogP contribution is -1.95. The summed E-state index contributed by atoms with van der Waals surface area (Å²) in [4.78, 5) is 4.31. The summed E-state index contributed by atoms with van der Waals surface area (Å²) in [6.45, 7) is 0. The van der Waals surface area contributed by atoms with Gasteiger partial charge in [-0.15, -0.1) is 5.10 Å². The number of hydrogen-bond acceptors (Lipinski definition) is 4. The van der Waals surface area contributed by atoms with Crippen LogP contribution in [0.15, 0.2) is 48.5 Å². The van der Waals surface area contributed by atoms with Crippen molar-refractivity contribution in [2.24, 2.45) is 0 Å². The molecule has 0 saturated heterocycles. The minimum Gasteiger partial charge on any atom is -0.323 e. The van der Waals surface area contributed by atoms with Crippen molar-refractivity contribution in [3.63, 3.8) is 0 Å². The molecule has 0 saturated carbocycles. The van der Waals surface area contributed by atoms with Crippen LogP contribution in [-0.4, -0.2) is 14.6 Å². The summed E-state index contributed by atoms with van der Waals surface area (Å²) in [5.74, 6) is 0.476. The van der Waals surface area contributed by atoms with Crippen molar-refractivity contribution in [3.05, 3.63) is 54.2 Å². The second-order valence-electron chi connectivity index (χ2n) is 3.72. The van der Waals surface area contributed by atoms with Gasteiger partial charge in [0.05, 0.1) is 0 Å². The third-order valence-corrected chi connectivity index (χ3v) is 2.50. The first-order valence-corrected chi connectivity index (χ1v) is 5.45. The largest absolute Gasteiger partial charge is 0.323 e. The smallest absolute Gasteiger partial charge is 0.247 e. The fourth-order valence-electron chi connectivity index (χ4n) is 1.69. The van der Waals surface area contributed by atoms with Gasteiger partial charge in [0.2, 0.25) is 5.95 Å².